The zero-order valence-corrected chi connectivity index (χ0v) is 12.7. The summed E-state index contributed by atoms with van der Waals surface area (Å²) in [6.45, 7) is 4.07. The molecule has 112 valence electrons. The number of hydrogen-bond acceptors (Lipinski definition) is 2. The molecule has 2 N–H and O–H groups in total. The maximum atomic E-state index is 12.1. The van der Waals surface area contributed by atoms with Crippen LogP contribution in [0.1, 0.15) is 22.3 Å². The van der Waals surface area contributed by atoms with E-state index in [1.807, 2.05) is 50.2 Å². The number of hydrogen-bond donors (Lipinski definition) is 2. The lowest BCUT2D eigenvalue weighted by atomic mass is 10.1. The van der Waals surface area contributed by atoms with Crippen LogP contribution in [0.15, 0.2) is 36.4 Å². The Balaban J connectivity index is 1.68. The molecule has 3 rings (SSSR count). The van der Waals surface area contributed by atoms with Gasteiger partial charge >= 0.3 is 0 Å². The molecule has 0 unspecified atom stereocenters. The van der Waals surface area contributed by atoms with Gasteiger partial charge in [-0.15, -0.1) is 0 Å². The van der Waals surface area contributed by atoms with Gasteiger partial charge in [0, 0.05) is 11.4 Å². The summed E-state index contributed by atoms with van der Waals surface area (Å²) in [5.74, 6) is -0.0489. The lowest BCUT2D eigenvalue weighted by Crippen LogP contribution is -2.14. The molecule has 0 saturated carbocycles. The molecule has 0 aromatic heterocycles. The maximum absolute atomic E-state index is 12.1. The Bertz CT molecular complexity index is 766. The second-order valence-electron chi connectivity index (χ2n) is 5.74. The molecule has 1 heterocycles. The molecule has 4 nitrogen and oxygen atoms in total. The highest BCUT2D eigenvalue weighted by atomic mass is 16.2. The van der Waals surface area contributed by atoms with Crippen molar-refractivity contribution in [1.29, 1.82) is 0 Å². The first-order chi connectivity index (χ1) is 10.5. The van der Waals surface area contributed by atoms with E-state index in [2.05, 4.69) is 10.6 Å². The molecule has 0 atom stereocenters. The zero-order chi connectivity index (χ0) is 15.7. The molecular formula is C18H18N2O2. The Hall–Kier alpha value is -2.62. The second-order valence-corrected chi connectivity index (χ2v) is 5.74. The van der Waals surface area contributed by atoms with Crippen LogP contribution in [0.25, 0.3) is 0 Å². The number of fused-ring (bicyclic) bond motifs is 1. The normalized spacial score (nSPS) is 12.7. The van der Waals surface area contributed by atoms with E-state index < -0.39 is 0 Å². The van der Waals surface area contributed by atoms with Gasteiger partial charge in [0.05, 0.1) is 12.8 Å². The number of anilines is 2. The molecule has 0 fully saturated rings. The first-order valence-corrected chi connectivity index (χ1v) is 7.30. The van der Waals surface area contributed by atoms with Crippen LogP contribution in [0, 0.1) is 13.8 Å². The Labute approximate surface area is 129 Å². The SMILES string of the molecule is Cc1ccc(NC(=O)Cc2ccc3c(c2)CC(=O)N3)cc1C. The van der Waals surface area contributed by atoms with Gasteiger partial charge < -0.3 is 10.6 Å². The number of rotatable bonds is 3. The molecule has 0 bridgehead atoms. The molecular weight excluding hydrogens is 276 g/mol. The number of carbonyl (C=O) groups excluding carboxylic acids is 2. The van der Waals surface area contributed by atoms with Gasteiger partial charge in [-0.3, -0.25) is 9.59 Å². The third-order valence-corrected chi connectivity index (χ3v) is 3.95. The van der Waals surface area contributed by atoms with Crippen molar-refractivity contribution in [2.45, 2.75) is 26.7 Å². The van der Waals surface area contributed by atoms with Gasteiger partial charge in [0.2, 0.25) is 11.8 Å². The van der Waals surface area contributed by atoms with Crippen LogP contribution < -0.4 is 10.6 Å². The molecule has 0 saturated heterocycles. The monoisotopic (exact) mass is 294 g/mol. The van der Waals surface area contributed by atoms with E-state index in [4.69, 9.17) is 0 Å². The average Bonchev–Trinajstić information content (AvgIpc) is 2.82. The number of nitrogens with one attached hydrogen (secondary N) is 2. The number of benzene rings is 2. The summed E-state index contributed by atoms with van der Waals surface area (Å²) in [5.41, 5.74) is 5.89. The summed E-state index contributed by atoms with van der Waals surface area (Å²) in [5, 5.41) is 5.70. The first kappa shape index (κ1) is 14.3. The van der Waals surface area contributed by atoms with E-state index in [0.29, 0.717) is 12.8 Å². The van der Waals surface area contributed by atoms with Gasteiger partial charge in [-0.25, -0.2) is 0 Å². The maximum Gasteiger partial charge on any atom is 0.228 e. The van der Waals surface area contributed by atoms with Crippen LogP contribution >= 0.6 is 0 Å². The van der Waals surface area contributed by atoms with Gasteiger partial charge in [-0.2, -0.15) is 0 Å². The molecule has 1 aliphatic rings. The van der Waals surface area contributed by atoms with E-state index in [1.165, 1.54) is 5.56 Å². The van der Waals surface area contributed by atoms with E-state index >= 15 is 0 Å². The van der Waals surface area contributed by atoms with Gasteiger partial charge in [0.1, 0.15) is 0 Å². The Kier molecular flexibility index (Phi) is 3.67. The molecule has 2 aromatic rings. The van der Waals surface area contributed by atoms with Crippen LogP contribution in [-0.2, 0) is 22.4 Å². The predicted molar refractivity (Wildman–Crippen MR) is 87.0 cm³/mol. The minimum Gasteiger partial charge on any atom is -0.326 e. The van der Waals surface area contributed by atoms with Gasteiger partial charge in [0.25, 0.3) is 0 Å². The fourth-order valence-corrected chi connectivity index (χ4v) is 2.60. The molecule has 4 heteroatoms. The highest BCUT2D eigenvalue weighted by molar-refractivity contribution is 5.99. The molecule has 22 heavy (non-hydrogen) atoms. The Morgan fingerprint density at radius 1 is 1.14 bits per heavy atom. The summed E-state index contributed by atoms with van der Waals surface area (Å²) < 4.78 is 0. The summed E-state index contributed by atoms with van der Waals surface area (Å²) in [4.78, 5) is 23.5. The third kappa shape index (κ3) is 3.01. The van der Waals surface area contributed by atoms with Crippen LogP contribution in [0.2, 0.25) is 0 Å². The lowest BCUT2D eigenvalue weighted by molar-refractivity contribution is -0.116. The number of amides is 2. The van der Waals surface area contributed by atoms with Crippen molar-refractivity contribution in [1.82, 2.24) is 0 Å². The molecule has 2 aromatic carbocycles. The van der Waals surface area contributed by atoms with Crippen LogP contribution in [0.3, 0.4) is 0 Å². The fourth-order valence-electron chi connectivity index (χ4n) is 2.60. The summed E-state index contributed by atoms with van der Waals surface area (Å²) in [6.07, 6.45) is 0.691. The highest BCUT2D eigenvalue weighted by Gasteiger charge is 2.18. The average molecular weight is 294 g/mol. The highest BCUT2D eigenvalue weighted by Crippen LogP contribution is 2.24. The number of aryl methyl sites for hydroxylation is 2. The molecule has 0 spiro atoms. The smallest absolute Gasteiger partial charge is 0.228 e. The number of carbonyl (C=O) groups is 2. The second kappa shape index (κ2) is 5.64. The fraction of sp³-hybridized carbons (Fsp3) is 0.222. The third-order valence-electron chi connectivity index (χ3n) is 3.95. The van der Waals surface area contributed by atoms with Crippen molar-refractivity contribution in [2.75, 3.05) is 10.6 Å². The summed E-state index contributed by atoms with van der Waals surface area (Å²) >= 11 is 0. The largest absolute Gasteiger partial charge is 0.326 e. The molecule has 0 radical (unpaired) electrons. The van der Waals surface area contributed by atoms with Gasteiger partial charge in [-0.1, -0.05) is 18.2 Å². The van der Waals surface area contributed by atoms with Crippen molar-refractivity contribution in [3.63, 3.8) is 0 Å². The van der Waals surface area contributed by atoms with Crippen LogP contribution in [-0.4, -0.2) is 11.8 Å². The quantitative estimate of drug-likeness (QED) is 0.914. The van der Waals surface area contributed by atoms with Crippen molar-refractivity contribution in [2.24, 2.45) is 0 Å². The molecule has 0 aliphatic carbocycles. The predicted octanol–water partition coefficient (Wildman–Crippen LogP) is 2.98. The van der Waals surface area contributed by atoms with E-state index in [1.54, 1.807) is 0 Å². The van der Waals surface area contributed by atoms with Crippen LogP contribution in [0.5, 0.6) is 0 Å². The summed E-state index contributed by atoms with van der Waals surface area (Å²) in [7, 11) is 0. The standard InChI is InChI=1S/C18H18N2O2/c1-11-3-5-15(7-12(11)2)19-17(21)9-13-4-6-16-14(8-13)10-18(22)20-16/h3-8H,9-10H2,1-2H3,(H,19,21)(H,20,22). The van der Waals surface area contributed by atoms with Crippen molar-refractivity contribution in [3.8, 4) is 0 Å². The Morgan fingerprint density at radius 3 is 2.73 bits per heavy atom. The molecule has 2 amide bonds. The van der Waals surface area contributed by atoms with Crippen molar-refractivity contribution < 1.29 is 9.59 Å². The minimum absolute atomic E-state index is 0.00623. The Morgan fingerprint density at radius 2 is 1.95 bits per heavy atom. The molecule has 1 aliphatic heterocycles. The topological polar surface area (TPSA) is 58.2 Å². The van der Waals surface area contributed by atoms with Gasteiger partial charge in [0.15, 0.2) is 0 Å². The van der Waals surface area contributed by atoms with Crippen LogP contribution in [0.4, 0.5) is 11.4 Å². The van der Waals surface area contributed by atoms with E-state index in [9.17, 15) is 9.59 Å². The van der Waals surface area contributed by atoms with E-state index in [0.717, 1.165) is 28.1 Å². The zero-order valence-electron chi connectivity index (χ0n) is 12.7. The lowest BCUT2D eigenvalue weighted by Gasteiger charge is -2.08. The first-order valence-electron chi connectivity index (χ1n) is 7.30. The van der Waals surface area contributed by atoms with Crippen molar-refractivity contribution in [3.05, 3.63) is 58.7 Å². The van der Waals surface area contributed by atoms with Gasteiger partial charge in [-0.05, 0) is 54.3 Å². The van der Waals surface area contributed by atoms with E-state index in [-0.39, 0.29) is 11.8 Å². The minimum atomic E-state index is -0.0551. The van der Waals surface area contributed by atoms with Crippen molar-refractivity contribution >= 4 is 23.2 Å². The summed E-state index contributed by atoms with van der Waals surface area (Å²) in [6, 6.07) is 11.5.